The number of phenolic OH excluding ortho intramolecular Hbond substituents is 1. The van der Waals surface area contributed by atoms with Crippen LogP contribution in [0.25, 0.3) is 5.57 Å². The number of hydrogen-bond acceptors (Lipinski definition) is 3. The summed E-state index contributed by atoms with van der Waals surface area (Å²) in [6, 6.07) is 4.15. The van der Waals surface area contributed by atoms with Crippen molar-refractivity contribution in [3.05, 3.63) is 40.5 Å². The summed E-state index contributed by atoms with van der Waals surface area (Å²) in [6.45, 7) is 3.73. The Kier molecular flexibility index (Phi) is 3.24. The molecule has 0 fully saturated rings. The van der Waals surface area contributed by atoms with E-state index in [1.807, 2.05) is 0 Å². The number of nitro groups is 1. The summed E-state index contributed by atoms with van der Waals surface area (Å²) >= 11 is 3.21. The van der Waals surface area contributed by atoms with E-state index in [1.54, 1.807) is 6.07 Å². The van der Waals surface area contributed by atoms with Crippen LogP contribution >= 0.6 is 15.9 Å². The normalized spacial score (nSPS) is 9.79. The average Bonchev–Trinajstić information content (AvgIpc) is 2.15. The Morgan fingerprint density at radius 2 is 2.29 bits per heavy atom. The maximum absolute atomic E-state index is 10.4. The van der Waals surface area contributed by atoms with Crippen molar-refractivity contribution in [3.63, 3.8) is 0 Å². The fourth-order valence-corrected chi connectivity index (χ4v) is 1.30. The van der Waals surface area contributed by atoms with E-state index in [1.165, 1.54) is 12.1 Å². The first kappa shape index (κ1) is 10.7. The van der Waals surface area contributed by atoms with Crippen LogP contribution in [-0.4, -0.2) is 15.4 Å². The van der Waals surface area contributed by atoms with E-state index < -0.39 is 4.92 Å². The lowest BCUT2D eigenvalue weighted by Crippen LogP contribution is -1.90. The summed E-state index contributed by atoms with van der Waals surface area (Å²) in [5.74, 6) is -0.338. The summed E-state index contributed by atoms with van der Waals surface area (Å²) in [4.78, 5) is 9.76. The molecule has 0 aliphatic carbocycles. The standard InChI is InChI=1S/C9H8BrNO3/c1-6(5-10)7-2-3-8(11(13)14)9(12)4-7/h2-4,12H,1,5H2. The lowest BCUT2D eigenvalue weighted by Gasteiger charge is -2.02. The average molecular weight is 258 g/mol. The molecule has 0 atom stereocenters. The van der Waals surface area contributed by atoms with Crippen LogP contribution in [0, 0.1) is 10.1 Å². The van der Waals surface area contributed by atoms with Gasteiger partial charge in [0.2, 0.25) is 0 Å². The third kappa shape index (κ3) is 2.11. The number of allylic oxidation sites excluding steroid dienone is 1. The van der Waals surface area contributed by atoms with Gasteiger partial charge in [-0.15, -0.1) is 0 Å². The number of benzene rings is 1. The summed E-state index contributed by atoms with van der Waals surface area (Å²) in [5, 5.41) is 20.3. The SMILES string of the molecule is C=C(CBr)c1ccc([N+](=O)[O-])c(O)c1. The molecule has 14 heavy (non-hydrogen) atoms. The van der Waals surface area contributed by atoms with E-state index in [0.717, 1.165) is 5.57 Å². The van der Waals surface area contributed by atoms with Gasteiger partial charge in [-0.1, -0.05) is 22.5 Å². The Bertz CT molecular complexity index is 390. The highest BCUT2D eigenvalue weighted by Gasteiger charge is 2.13. The summed E-state index contributed by atoms with van der Waals surface area (Å²) in [6.07, 6.45) is 0. The van der Waals surface area contributed by atoms with Crippen molar-refractivity contribution < 1.29 is 10.0 Å². The van der Waals surface area contributed by atoms with Gasteiger partial charge in [-0.2, -0.15) is 0 Å². The quantitative estimate of drug-likeness (QED) is 0.515. The van der Waals surface area contributed by atoms with Crippen LogP contribution in [0.2, 0.25) is 0 Å². The van der Waals surface area contributed by atoms with E-state index in [9.17, 15) is 15.2 Å². The third-order valence-corrected chi connectivity index (χ3v) is 2.42. The summed E-state index contributed by atoms with van der Waals surface area (Å²) in [7, 11) is 0. The van der Waals surface area contributed by atoms with Crippen LogP contribution in [0.5, 0.6) is 5.75 Å². The number of nitro benzene ring substituents is 1. The van der Waals surface area contributed by atoms with Gasteiger partial charge < -0.3 is 5.11 Å². The molecule has 1 aromatic carbocycles. The topological polar surface area (TPSA) is 63.4 Å². The second-order valence-corrected chi connectivity index (χ2v) is 3.26. The molecule has 0 aliphatic rings. The zero-order valence-corrected chi connectivity index (χ0v) is 8.82. The predicted molar refractivity (Wildman–Crippen MR) is 57.6 cm³/mol. The van der Waals surface area contributed by atoms with Crippen LogP contribution in [0.15, 0.2) is 24.8 Å². The first-order chi connectivity index (χ1) is 6.56. The molecule has 0 bridgehead atoms. The molecule has 0 saturated heterocycles. The fourth-order valence-electron chi connectivity index (χ4n) is 0.975. The molecule has 0 spiro atoms. The van der Waals surface area contributed by atoms with Gasteiger partial charge in [0.25, 0.3) is 0 Å². The monoisotopic (exact) mass is 257 g/mol. The van der Waals surface area contributed by atoms with Gasteiger partial charge in [0, 0.05) is 11.4 Å². The number of phenols is 1. The third-order valence-electron chi connectivity index (χ3n) is 1.74. The molecule has 0 amide bonds. The number of hydrogen-bond donors (Lipinski definition) is 1. The van der Waals surface area contributed by atoms with E-state index in [-0.39, 0.29) is 11.4 Å². The summed E-state index contributed by atoms with van der Waals surface area (Å²) < 4.78 is 0. The van der Waals surface area contributed by atoms with E-state index >= 15 is 0 Å². The van der Waals surface area contributed by atoms with Crippen molar-refractivity contribution in [2.75, 3.05) is 5.33 Å². The first-order valence-corrected chi connectivity index (χ1v) is 4.90. The van der Waals surface area contributed by atoms with E-state index in [0.29, 0.717) is 10.9 Å². The number of halogens is 1. The molecular formula is C9H8BrNO3. The highest BCUT2D eigenvalue weighted by Crippen LogP contribution is 2.28. The predicted octanol–water partition coefficient (Wildman–Crippen LogP) is 2.71. The van der Waals surface area contributed by atoms with Gasteiger partial charge in [-0.05, 0) is 23.3 Å². The molecule has 1 aromatic rings. The molecule has 1 N–H and O–H groups in total. The van der Waals surface area contributed by atoms with Gasteiger partial charge in [0.15, 0.2) is 5.75 Å². The number of aromatic hydroxyl groups is 1. The van der Waals surface area contributed by atoms with Crippen molar-refractivity contribution in [1.82, 2.24) is 0 Å². The van der Waals surface area contributed by atoms with Gasteiger partial charge in [-0.25, -0.2) is 0 Å². The Morgan fingerprint density at radius 1 is 1.64 bits per heavy atom. The second-order valence-electron chi connectivity index (χ2n) is 2.70. The zero-order chi connectivity index (χ0) is 10.7. The maximum atomic E-state index is 10.4. The van der Waals surface area contributed by atoms with Gasteiger partial charge in [-0.3, -0.25) is 10.1 Å². The van der Waals surface area contributed by atoms with Crippen molar-refractivity contribution in [3.8, 4) is 5.75 Å². The van der Waals surface area contributed by atoms with E-state index in [4.69, 9.17) is 0 Å². The minimum atomic E-state index is -0.629. The molecule has 0 radical (unpaired) electrons. The fraction of sp³-hybridized carbons (Fsp3) is 0.111. The Labute approximate surface area is 89.2 Å². The Balaban J connectivity index is 3.12. The highest BCUT2D eigenvalue weighted by molar-refractivity contribution is 9.09. The minimum absolute atomic E-state index is 0.295. The smallest absolute Gasteiger partial charge is 0.310 e. The molecule has 0 heterocycles. The van der Waals surface area contributed by atoms with Crippen LogP contribution in [0.1, 0.15) is 5.56 Å². The van der Waals surface area contributed by atoms with Crippen molar-refractivity contribution in [2.24, 2.45) is 0 Å². The molecule has 4 nitrogen and oxygen atoms in total. The van der Waals surface area contributed by atoms with Crippen LogP contribution in [-0.2, 0) is 0 Å². The minimum Gasteiger partial charge on any atom is -0.502 e. The maximum Gasteiger partial charge on any atom is 0.310 e. The highest BCUT2D eigenvalue weighted by atomic mass is 79.9. The molecule has 1 rings (SSSR count). The lowest BCUT2D eigenvalue weighted by molar-refractivity contribution is -0.385. The first-order valence-electron chi connectivity index (χ1n) is 3.77. The number of rotatable bonds is 3. The van der Waals surface area contributed by atoms with Crippen molar-refractivity contribution in [1.29, 1.82) is 0 Å². The Hall–Kier alpha value is -1.36. The molecular weight excluding hydrogens is 250 g/mol. The van der Waals surface area contributed by atoms with Gasteiger partial charge in [0.05, 0.1) is 4.92 Å². The van der Waals surface area contributed by atoms with Crippen LogP contribution in [0.4, 0.5) is 5.69 Å². The largest absolute Gasteiger partial charge is 0.502 e. The van der Waals surface area contributed by atoms with Crippen LogP contribution < -0.4 is 0 Å². The zero-order valence-electron chi connectivity index (χ0n) is 7.24. The molecule has 0 saturated carbocycles. The number of alkyl halides is 1. The Morgan fingerprint density at radius 3 is 2.71 bits per heavy atom. The second kappa shape index (κ2) is 4.23. The molecule has 0 aromatic heterocycles. The molecule has 5 heteroatoms. The van der Waals surface area contributed by atoms with Crippen LogP contribution in [0.3, 0.4) is 0 Å². The van der Waals surface area contributed by atoms with Gasteiger partial charge in [0.1, 0.15) is 0 Å². The molecule has 74 valence electrons. The number of nitrogens with zero attached hydrogens (tertiary/aromatic N) is 1. The van der Waals surface area contributed by atoms with Crippen molar-refractivity contribution >= 4 is 27.2 Å². The van der Waals surface area contributed by atoms with Gasteiger partial charge >= 0.3 is 5.69 Å². The van der Waals surface area contributed by atoms with Crippen molar-refractivity contribution in [2.45, 2.75) is 0 Å². The van der Waals surface area contributed by atoms with E-state index in [2.05, 4.69) is 22.5 Å². The molecule has 0 aliphatic heterocycles. The lowest BCUT2D eigenvalue weighted by atomic mass is 10.1. The molecule has 0 unspecified atom stereocenters. The summed E-state index contributed by atoms with van der Waals surface area (Å²) in [5.41, 5.74) is 1.15.